The Kier molecular flexibility index (Phi) is 4.13. The van der Waals surface area contributed by atoms with Crippen LogP contribution in [0.4, 0.5) is 14.5 Å². The Morgan fingerprint density at radius 2 is 2.05 bits per heavy atom. The molecule has 0 saturated carbocycles. The fraction of sp³-hybridized carbons (Fsp3) is 0.500. The van der Waals surface area contributed by atoms with Crippen molar-refractivity contribution >= 4 is 22.6 Å². The molecule has 0 amide bonds. The molecule has 0 spiro atoms. The Labute approximate surface area is 116 Å². The van der Waals surface area contributed by atoms with E-state index in [9.17, 15) is 8.78 Å². The summed E-state index contributed by atoms with van der Waals surface area (Å²) in [7, 11) is 0. The van der Waals surface area contributed by atoms with E-state index in [-0.39, 0.29) is 5.41 Å². The van der Waals surface area contributed by atoms with Crippen LogP contribution in [0, 0.1) is 17.0 Å². The molecule has 1 aliphatic heterocycles. The molecule has 2 rings (SSSR count). The van der Waals surface area contributed by atoms with Crippen molar-refractivity contribution in [2.75, 3.05) is 11.9 Å². The molecule has 0 bridgehead atoms. The van der Waals surface area contributed by atoms with E-state index in [4.69, 9.17) is 0 Å². The van der Waals surface area contributed by atoms with Crippen molar-refractivity contribution in [3.8, 4) is 0 Å². The molecule has 104 valence electrons. The monoisotopic (exact) mass is 284 g/mol. The fourth-order valence-electron chi connectivity index (χ4n) is 1.97. The minimum atomic E-state index is -0.847. The highest BCUT2D eigenvalue weighted by Crippen LogP contribution is 2.32. The summed E-state index contributed by atoms with van der Waals surface area (Å²) in [6.07, 6.45) is 1.07. The summed E-state index contributed by atoms with van der Waals surface area (Å²) < 4.78 is 25.9. The largest absolute Gasteiger partial charge is 0.335 e. The third kappa shape index (κ3) is 4.20. The number of benzene rings is 1. The summed E-state index contributed by atoms with van der Waals surface area (Å²) in [5, 5.41) is 4.26. The van der Waals surface area contributed by atoms with E-state index in [0.29, 0.717) is 10.9 Å². The zero-order chi connectivity index (χ0) is 14.0. The van der Waals surface area contributed by atoms with Gasteiger partial charge in [-0.05, 0) is 24.0 Å². The highest BCUT2D eigenvalue weighted by atomic mass is 32.2. The molecule has 1 aliphatic rings. The first-order valence-electron chi connectivity index (χ1n) is 6.27. The number of nitrogens with zero attached hydrogens (tertiary/aromatic N) is 1. The quantitative estimate of drug-likeness (QED) is 0.876. The van der Waals surface area contributed by atoms with E-state index in [1.54, 1.807) is 11.8 Å². The zero-order valence-electron chi connectivity index (χ0n) is 11.3. The SMILES string of the molecule is CC(C)(C)CC1CN=C(Nc2ccc(F)c(F)c2)S1. The second kappa shape index (κ2) is 5.49. The third-order valence-electron chi connectivity index (χ3n) is 2.73. The molecule has 0 radical (unpaired) electrons. The summed E-state index contributed by atoms with van der Waals surface area (Å²) in [6.45, 7) is 7.38. The lowest BCUT2D eigenvalue weighted by Crippen LogP contribution is -2.16. The molecule has 1 aromatic rings. The standard InChI is InChI=1S/C14H18F2N2S/c1-14(2,3)7-10-8-17-13(19-10)18-9-4-5-11(15)12(16)6-9/h4-6,10H,7-8H2,1-3H3,(H,17,18). The highest BCUT2D eigenvalue weighted by molar-refractivity contribution is 8.15. The number of hydrogen-bond donors (Lipinski definition) is 1. The van der Waals surface area contributed by atoms with Crippen LogP contribution >= 0.6 is 11.8 Å². The van der Waals surface area contributed by atoms with Crippen LogP contribution in [-0.2, 0) is 0 Å². The smallest absolute Gasteiger partial charge is 0.161 e. The van der Waals surface area contributed by atoms with Crippen molar-refractivity contribution in [3.05, 3.63) is 29.8 Å². The van der Waals surface area contributed by atoms with Gasteiger partial charge >= 0.3 is 0 Å². The summed E-state index contributed by atoms with van der Waals surface area (Å²) in [6, 6.07) is 3.78. The summed E-state index contributed by atoms with van der Waals surface area (Å²) in [4.78, 5) is 4.40. The van der Waals surface area contributed by atoms with Crippen LogP contribution in [0.1, 0.15) is 27.2 Å². The summed E-state index contributed by atoms with van der Waals surface area (Å²) in [5.41, 5.74) is 0.798. The van der Waals surface area contributed by atoms with Crippen LogP contribution in [0.2, 0.25) is 0 Å². The maximum atomic E-state index is 13.1. The predicted molar refractivity (Wildman–Crippen MR) is 77.7 cm³/mol. The maximum absolute atomic E-state index is 13.1. The summed E-state index contributed by atoms with van der Waals surface area (Å²) in [5.74, 6) is -1.68. The van der Waals surface area contributed by atoms with E-state index in [1.165, 1.54) is 6.07 Å². The predicted octanol–water partition coefficient (Wildman–Crippen LogP) is 4.28. The molecule has 2 nitrogen and oxygen atoms in total. The van der Waals surface area contributed by atoms with Crippen molar-refractivity contribution in [2.24, 2.45) is 10.4 Å². The Morgan fingerprint density at radius 3 is 2.68 bits per heavy atom. The molecule has 0 aromatic heterocycles. The molecule has 1 aromatic carbocycles. The molecular formula is C14H18F2N2S. The van der Waals surface area contributed by atoms with Crippen LogP contribution in [0.3, 0.4) is 0 Å². The van der Waals surface area contributed by atoms with Gasteiger partial charge in [0.05, 0.1) is 6.54 Å². The molecule has 5 heteroatoms. The zero-order valence-corrected chi connectivity index (χ0v) is 12.2. The number of nitrogens with one attached hydrogen (secondary N) is 1. The van der Waals surface area contributed by atoms with Crippen molar-refractivity contribution in [2.45, 2.75) is 32.4 Å². The second-order valence-corrected chi connectivity index (χ2v) is 7.19. The van der Waals surface area contributed by atoms with E-state index in [2.05, 4.69) is 31.1 Å². The molecule has 19 heavy (non-hydrogen) atoms. The van der Waals surface area contributed by atoms with Gasteiger partial charge in [-0.2, -0.15) is 0 Å². The molecule has 1 atom stereocenters. The van der Waals surface area contributed by atoms with Gasteiger partial charge in [-0.15, -0.1) is 0 Å². The Bertz CT molecular complexity index is 495. The number of rotatable bonds is 2. The minimum Gasteiger partial charge on any atom is -0.335 e. The number of hydrogen-bond acceptors (Lipinski definition) is 3. The minimum absolute atomic E-state index is 0.268. The van der Waals surface area contributed by atoms with Gasteiger partial charge in [0.15, 0.2) is 16.8 Å². The Balaban J connectivity index is 1.93. The van der Waals surface area contributed by atoms with Crippen LogP contribution in [-0.4, -0.2) is 17.0 Å². The van der Waals surface area contributed by atoms with Gasteiger partial charge in [-0.25, -0.2) is 8.78 Å². The van der Waals surface area contributed by atoms with Crippen molar-refractivity contribution in [3.63, 3.8) is 0 Å². The van der Waals surface area contributed by atoms with Gasteiger partial charge in [0, 0.05) is 17.0 Å². The molecular weight excluding hydrogens is 266 g/mol. The van der Waals surface area contributed by atoms with Gasteiger partial charge in [0.1, 0.15) is 0 Å². The summed E-state index contributed by atoms with van der Waals surface area (Å²) >= 11 is 1.67. The average molecular weight is 284 g/mol. The van der Waals surface area contributed by atoms with E-state index < -0.39 is 11.6 Å². The van der Waals surface area contributed by atoms with Gasteiger partial charge in [-0.1, -0.05) is 32.5 Å². The fourth-order valence-corrected chi connectivity index (χ4v) is 3.35. The van der Waals surface area contributed by atoms with Crippen molar-refractivity contribution in [1.29, 1.82) is 0 Å². The van der Waals surface area contributed by atoms with Gasteiger partial charge in [0.25, 0.3) is 0 Å². The molecule has 1 heterocycles. The third-order valence-corrected chi connectivity index (χ3v) is 3.83. The van der Waals surface area contributed by atoms with E-state index >= 15 is 0 Å². The second-order valence-electron chi connectivity index (χ2n) is 5.90. The van der Waals surface area contributed by atoms with Crippen molar-refractivity contribution in [1.82, 2.24) is 0 Å². The van der Waals surface area contributed by atoms with Crippen LogP contribution in [0.25, 0.3) is 0 Å². The molecule has 1 N–H and O–H groups in total. The van der Waals surface area contributed by atoms with E-state index in [1.807, 2.05) is 0 Å². The number of halogens is 2. The van der Waals surface area contributed by atoms with Gasteiger partial charge in [0.2, 0.25) is 0 Å². The highest BCUT2D eigenvalue weighted by Gasteiger charge is 2.25. The Morgan fingerprint density at radius 1 is 1.32 bits per heavy atom. The lowest BCUT2D eigenvalue weighted by atomic mass is 9.90. The normalized spacial score (nSPS) is 19.4. The lowest BCUT2D eigenvalue weighted by Gasteiger charge is -2.21. The Hall–Kier alpha value is -1.10. The van der Waals surface area contributed by atoms with Crippen LogP contribution in [0.15, 0.2) is 23.2 Å². The number of thioether (sulfide) groups is 1. The topological polar surface area (TPSA) is 24.4 Å². The van der Waals surface area contributed by atoms with Gasteiger partial charge in [-0.3, -0.25) is 4.99 Å². The molecule has 0 fully saturated rings. The van der Waals surface area contributed by atoms with Crippen molar-refractivity contribution < 1.29 is 8.78 Å². The first-order valence-corrected chi connectivity index (χ1v) is 7.15. The number of aliphatic imine (C=N–C) groups is 1. The van der Waals surface area contributed by atoms with Crippen LogP contribution < -0.4 is 5.32 Å². The maximum Gasteiger partial charge on any atom is 0.161 e. The van der Waals surface area contributed by atoms with Crippen LogP contribution in [0.5, 0.6) is 0 Å². The molecule has 0 aliphatic carbocycles. The first-order chi connectivity index (χ1) is 8.83. The lowest BCUT2D eigenvalue weighted by molar-refractivity contribution is 0.375. The average Bonchev–Trinajstić information content (AvgIpc) is 2.68. The molecule has 0 saturated heterocycles. The van der Waals surface area contributed by atoms with Gasteiger partial charge < -0.3 is 5.32 Å². The van der Waals surface area contributed by atoms with E-state index in [0.717, 1.165) is 30.3 Å². The number of anilines is 1. The molecule has 1 unspecified atom stereocenters. The number of amidine groups is 1. The first kappa shape index (κ1) is 14.3.